The first-order valence-corrected chi connectivity index (χ1v) is 11.5. The van der Waals surface area contributed by atoms with Crippen molar-refractivity contribution in [3.63, 3.8) is 0 Å². The summed E-state index contributed by atoms with van der Waals surface area (Å²) in [6.45, 7) is 3.93. The van der Waals surface area contributed by atoms with Gasteiger partial charge in [0, 0.05) is 12.8 Å². The normalized spacial score (nSPS) is 23.8. The molecule has 0 bridgehead atoms. The van der Waals surface area contributed by atoms with Crippen LogP contribution in [0.2, 0.25) is 0 Å². The van der Waals surface area contributed by atoms with Gasteiger partial charge in [-0.15, -0.1) is 0 Å². The van der Waals surface area contributed by atoms with Crippen molar-refractivity contribution in [3.8, 4) is 0 Å². The maximum absolute atomic E-state index is 13.3. The van der Waals surface area contributed by atoms with Crippen LogP contribution >= 0.6 is 0 Å². The van der Waals surface area contributed by atoms with Crippen LogP contribution in [-0.2, 0) is 27.0 Å². The number of aliphatic hydroxyl groups is 1. The molecule has 1 N–H and O–H groups in total. The van der Waals surface area contributed by atoms with Gasteiger partial charge in [0.25, 0.3) is 0 Å². The Kier molecular flexibility index (Phi) is 5.28. The SMILES string of the molecule is Cc1cc(C(F)(F)F)cc(C2(C)CC(c3ccc(C4(O)CN(C(=O)CC5CC5)C4)cc3)=NO2)c1. The van der Waals surface area contributed by atoms with E-state index >= 15 is 0 Å². The van der Waals surface area contributed by atoms with Crippen molar-refractivity contribution in [2.45, 2.75) is 56.9 Å². The molecule has 1 saturated carbocycles. The highest BCUT2D eigenvalue weighted by molar-refractivity contribution is 6.01. The third kappa shape index (κ3) is 4.31. The second kappa shape index (κ2) is 7.83. The van der Waals surface area contributed by atoms with Crippen molar-refractivity contribution in [2.24, 2.45) is 11.1 Å². The number of nitrogens with zero attached hydrogens (tertiary/aromatic N) is 2. The van der Waals surface area contributed by atoms with Crippen LogP contribution in [0.25, 0.3) is 0 Å². The van der Waals surface area contributed by atoms with Crippen LogP contribution < -0.4 is 0 Å². The number of halogens is 3. The number of hydrogen-bond donors (Lipinski definition) is 1. The van der Waals surface area contributed by atoms with Gasteiger partial charge < -0.3 is 14.8 Å². The molecule has 34 heavy (non-hydrogen) atoms. The summed E-state index contributed by atoms with van der Waals surface area (Å²) in [6, 6.07) is 11.2. The summed E-state index contributed by atoms with van der Waals surface area (Å²) in [5.41, 5.74) is 0.295. The fraction of sp³-hybridized carbons (Fsp3) is 0.462. The number of likely N-dealkylation sites (tertiary alicyclic amines) is 1. The van der Waals surface area contributed by atoms with Gasteiger partial charge in [-0.3, -0.25) is 4.79 Å². The minimum Gasteiger partial charge on any atom is -0.384 e. The summed E-state index contributed by atoms with van der Waals surface area (Å²) in [7, 11) is 0. The monoisotopic (exact) mass is 472 g/mol. The average molecular weight is 473 g/mol. The maximum Gasteiger partial charge on any atom is 0.416 e. The van der Waals surface area contributed by atoms with Crippen molar-refractivity contribution in [3.05, 3.63) is 70.3 Å². The largest absolute Gasteiger partial charge is 0.416 e. The Labute approximate surface area is 196 Å². The Bertz CT molecular complexity index is 1150. The minimum atomic E-state index is -4.44. The lowest BCUT2D eigenvalue weighted by atomic mass is 9.84. The molecular formula is C26H27F3N2O3. The van der Waals surface area contributed by atoms with E-state index in [1.165, 1.54) is 0 Å². The standard InChI is InChI=1S/C26H27F3N2O3/c1-16-9-20(12-21(10-16)26(27,28)29)24(2)13-22(30-34-24)18-5-7-19(8-6-18)25(33)14-31(15-25)23(32)11-17-3-4-17/h5-10,12,17,33H,3-4,11,13-15H2,1-2H3. The quantitative estimate of drug-likeness (QED) is 0.675. The molecule has 0 spiro atoms. The van der Waals surface area contributed by atoms with Crippen LogP contribution in [0.1, 0.15) is 60.4 Å². The molecule has 3 aliphatic rings. The van der Waals surface area contributed by atoms with Gasteiger partial charge in [-0.1, -0.05) is 41.1 Å². The van der Waals surface area contributed by atoms with Crippen molar-refractivity contribution in [2.75, 3.05) is 13.1 Å². The van der Waals surface area contributed by atoms with Crippen LogP contribution in [0.15, 0.2) is 47.6 Å². The lowest BCUT2D eigenvalue weighted by Crippen LogP contribution is -2.61. The van der Waals surface area contributed by atoms with Crippen LogP contribution in [-0.4, -0.2) is 34.7 Å². The predicted molar refractivity (Wildman–Crippen MR) is 120 cm³/mol. The lowest BCUT2D eigenvalue weighted by Gasteiger charge is -2.47. The van der Waals surface area contributed by atoms with Crippen molar-refractivity contribution >= 4 is 11.6 Å². The molecule has 0 radical (unpaired) electrons. The fourth-order valence-corrected chi connectivity index (χ4v) is 4.72. The van der Waals surface area contributed by atoms with E-state index in [4.69, 9.17) is 4.84 Å². The second-order valence-corrected chi connectivity index (χ2v) is 10.1. The number of alkyl halides is 3. The van der Waals surface area contributed by atoms with Crippen molar-refractivity contribution in [1.82, 2.24) is 4.90 Å². The lowest BCUT2D eigenvalue weighted by molar-refractivity contribution is -0.157. The number of aryl methyl sites for hydroxylation is 1. The molecule has 2 fully saturated rings. The Morgan fingerprint density at radius 3 is 2.44 bits per heavy atom. The number of carbonyl (C=O) groups is 1. The molecule has 5 nitrogen and oxygen atoms in total. The Hall–Kier alpha value is -2.87. The first-order chi connectivity index (χ1) is 16.0. The topological polar surface area (TPSA) is 62.1 Å². The van der Waals surface area contributed by atoms with E-state index in [9.17, 15) is 23.1 Å². The molecule has 8 heteroatoms. The maximum atomic E-state index is 13.3. The van der Waals surface area contributed by atoms with E-state index in [1.54, 1.807) is 24.8 Å². The second-order valence-electron chi connectivity index (χ2n) is 10.1. The van der Waals surface area contributed by atoms with E-state index < -0.39 is 22.9 Å². The van der Waals surface area contributed by atoms with Gasteiger partial charge in [0.1, 0.15) is 5.60 Å². The first-order valence-electron chi connectivity index (χ1n) is 11.5. The van der Waals surface area contributed by atoms with E-state index in [0.29, 0.717) is 35.6 Å². The van der Waals surface area contributed by atoms with Crippen molar-refractivity contribution < 1.29 is 27.9 Å². The van der Waals surface area contributed by atoms with Gasteiger partial charge in [0.2, 0.25) is 5.91 Å². The smallest absolute Gasteiger partial charge is 0.384 e. The summed E-state index contributed by atoms with van der Waals surface area (Å²) in [5.74, 6) is 0.616. The summed E-state index contributed by atoms with van der Waals surface area (Å²) >= 11 is 0. The summed E-state index contributed by atoms with van der Waals surface area (Å²) < 4.78 is 39.9. The van der Waals surface area contributed by atoms with Gasteiger partial charge in [-0.25, -0.2) is 0 Å². The molecule has 1 aliphatic carbocycles. The van der Waals surface area contributed by atoms with E-state index in [-0.39, 0.29) is 19.0 Å². The molecule has 1 amide bonds. The molecule has 1 saturated heterocycles. The first kappa shape index (κ1) is 22.9. The zero-order valence-corrected chi connectivity index (χ0v) is 19.2. The summed E-state index contributed by atoms with van der Waals surface area (Å²) in [4.78, 5) is 19.6. The highest BCUT2D eigenvalue weighted by Crippen LogP contribution is 2.40. The Morgan fingerprint density at radius 2 is 1.82 bits per heavy atom. The van der Waals surface area contributed by atoms with Gasteiger partial charge in [-0.2, -0.15) is 13.2 Å². The zero-order chi connectivity index (χ0) is 24.3. The van der Waals surface area contributed by atoms with Gasteiger partial charge >= 0.3 is 6.18 Å². The van der Waals surface area contributed by atoms with E-state index in [2.05, 4.69) is 5.16 Å². The van der Waals surface area contributed by atoms with E-state index in [0.717, 1.165) is 36.1 Å². The highest BCUT2D eigenvalue weighted by atomic mass is 19.4. The summed E-state index contributed by atoms with van der Waals surface area (Å²) in [6.07, 6.45) is -1.31. The Balaban J connectivity index is 1.26. The molecule has 0 aromatic heterocycles. The highest BCUT2D eigenvalue weighted by Gasteiger charge is 2.46. The van der Waals surface area contributed by atoms with Gasteiger partial charge in [-0.05, 0) is 61.4 Å². The number of carbonyl (C=O) groups excluding carboxylic acids is 1. The molecule has 2 aromatic carbocycles. The molecule has 1 unspecified atom stereocenters. The van der Waals surface area contributed by atoms with Gasteiger partial charge in [0.15, 0.2) is 5.60 Å². The number of rotatable bonds is 5. The van der Waals surface area contributed by atoms with Crippen LogP contribution in [0.5, 0.6) is 0 Å². The third-order valence-electron chi connectivity index (χ3n) is 7.05. The van der Waals surface area contributed by atoms with Crippen LogP contribution in [0.4, 0.5) is 13.2 Å². The number of hydrogen-bond acceptors (Lipinski definition) is 4. The number of oxime groups is 1. The molecule has 2 aliphatic heterocycles. The van der Waals surface area contributed by atoms with Gasteiger partial charge in [0.05, 0.1) is 24.4 Å². The Morgan fingerprint density at radius 1 is 1.15 bits per heavy atom. The average Bonchev–Trinajstić information content (AvgIpc) is 3.48. The molecule has 180 valence electrons. The summed E-state index contributed by atoms with van der Waals surface area (Å²) in [5, 5.41) is 15.1. The molecule has 2 aromatic rings. The number of β-amino-alcohol motifs (C(OH)–C–C–N with tert-alkyl or cyclic N) is 1. The van der Waals surface area contributed by atoms with Crippen molar-refractivity contribution in [1.29, 1.82) is 0 Å². The van der Waals surface area contributed by atoms with Crippen LogP contribution in [0.3, 0.4) is 0 Å². The third-order valence-corrected chi connectivity index (χ3v) is 7.05. The zero-order valence-electron chi connectivity index (χ0n) is 19.2. The molecule has 1 atom stereocenters. The van der Waals surface area contributed by atoms with E-state index in [1.807, 2.05) is 24.3 Å². The predicted octanol–water partition coefficient (Wildman–Crippen LogP) is 4.88. The number of benzene rings is 2. The molecule has 2 heterocycles. The minimum absolute atomic E-state index is 0.102. The molecule has 5 rings (SSSR count). The molecular weight excluding hydrogens is 445 g/mol. The number of amides is 1. The fourth-order valence-electron chi connectivity index (χ4n) is 4.72. The van der Waals surface area contributed by atoms with Crippen LogP contribution in [0, 0.1) is 12.8 Å².